The van der Waals surface area contributed by atoms with Crippen molar-refractivity contribution in [3.8, 4) is 0 Å². The van der Waals surface area contributed by atoms with Gasteiger partial charge in [-0.1, -0.05) is 0 Å². The predicted octanol–water partition coefficient (Wildman–Crippen LogP) is 0.555. The second kappa shape index (κ2) is 4.98. The Balaban J connectivity index is 4.19. The summed E-state index contributed by atoms with van der Waals surface area (Å²) >= 11 is 5.53. The number of hydrogen-bond donors (Lipinski definition) is 1. The molecule has 0 unspecified atom stereocenters. The van der Waals surface area contributed by atoms with Crippen molar-refractivity contribution in [2.75, 3.05) is 17.9 Å². The van der Waals surface area contributed by atoms with Crippen LogP contribution in [0.3, 0.4) is 0 Å². The Hall–Kier alpha value is -0.290. The molecule has 4 nitrogen and oxygen atoms in total. The number of nitrogens with one attached hydrogen (secondary N) is 1. The molecule has 14 heavy (non-hydrogen) atoms. The lowest BCUT2D eigenvalue weighted by molar-refractivity contribution is -0.120. The minimum absolute atomic E-state index is 0.423. The van der Waals surface area contributed by atoms with Crippen LogP contribution in [0.15, 0.2) is 0 Å². The lowest BCUT2D eigenvalue weighted by atomic mass is 10.0. The molecule has 84 valence electrons. The van der Waals surface area contributed by atoms with Gasteiger partial charge in [-0.3, -0.25) is 4.79 Å². The normalized spacial score (nSPS) is 12.6. The molecule has 0 aliphatic rings. The third kappa shape index (κ3) is 7.15. The van der Waals surface area contributed by atoms with E-state index < -0.39 is 27.0 Å². The lowest BCUT2D eigenvalue weighted by Gasteiger charge is -2.24. The smallest absolute Gasteiger partial charge is 0.235 e. The van der Waals surface area contributed by atoms with E-state index in [1.54, 1.807) is 13.8 Å². The summed E-state index contributed by atoms with van der Waals surface area (Å²) in [5.74, 6) is -0.534. The van der Waals surface area contributed by atoms with Crippen LogP contribution in [0.2, 0.25) is 0 Å². The first-order chi connectivity index (χ1) is 6.16. The van der Waals surface area contributed by atoms with Crippen LogP contribution in [0, 0.1) is 0 Å². The summed E-state index contributed by atoms with van der Waals surface area (Å²) in [7, 11) is -3.26. The third-order valence-corrected chi connectivity index (χ3v) is 2.57. The van der Waals surface area contributed by atoms with Crippen molar-refractivity contribution in [1.29, 1.82) is 0 Å². The number of sulfone groups is 1. The summed E-state index contributed by atoms with van der Waals surface area (Å²) in [5, 5.41) is 2.61. The average Bonchev–Trinajstić information content (AvgIpc) is 1.78. The fraction of sp³-hybridized carbons (Fsp3) is 0.875. The van der Waals surface area contributed by atoms with Gasteiger partial charge in [-0.2, -0.15) is 0 Å². The lowest BCUT2D eigenvalue weighted by Crippen LogP contribution is -2.45. The molecule has 0 saturated heterocycles. The molecule has 0 saturated carbocycles. The monoisotopic (exact) mass is 241 g/mol. The summed E-state index contributed by atoms with van der Waals surface area (Å²) in [6, 6.07) is 0. The number of amides is 1. The molecule has 0 aliphatic carbocycles. The van der Waals surface area contributed by atoms with Crippen molar-refractivity contribution >= 4 is 27.3 Å². The van der Waals surface area contributed by atoms with E-state index in [1.165, 1.54) is 0 Å². The van der Waals surface area contributed by atoms with Crippen molar-refractivity contribution in [3.05, 3.63) is 0 Å². The minimum Gasteiger partial charge on any atom is -0.350 e. The van der Waals surface area contributed by atoms with E-state index in [-0.39, 0.29) is 0 Å². The van der Waals surface area contributed by atoms with Crippen LogP contribution in [0.5, 0.6) is 0 Å². The zero-order chi connectivity index (χ0) is 11.4. The second-order valence-electron chi connectivity index (χ2n) is 3.94. The van der Waals surface area contributed by atoms with Crippen LogP contribution >= 0.6 is 11.6 Å². The number of carbonyl (C=O) groups is 1. The predicted molar refractivity (Wildman–Crippen MR) is 57.3 cm³/mol. The Morgan fingerprint density at radius 2 is 1.93 bits per heavy atom. The standard InChI is InChI=1S/C8H16ClNO3S/c1-8(2,4-5-9)10-7(11)6-14(3,12)13/h4-6H2,1-3H3,(H,10,11). The highest BCUT2D eigenvalue weighted by molar-refractivity contribution is 7.91. The SMILES string of the molecule is CC(C)(CCCl)NC(=O)CS(C)(=O)=O. The molecule has 1 N–H and O–H groups in total. The highest BCUT2D eigenvalue weighted by Crippen LogP contribution is 2.08. The van der Waals surface area contributed by atoms with Crippen LogP contribution in [0.4, 0.5) is 0 Å². The molecule has 0 spiro atoms. The molecule has 0 aromatic carbocycles. The summed E-state index contributed by atoms with van der Waals surface area (Å²) in [5.41, 5.74) is -0.455. The van der Waals surface area contributed by atoms with E-state index in [0.29, 0.717) is 12.3 Å². The Labute approximate surface area is 89.9 Å². The minimum atomic E-state index is -3.26. The van der Waals surface area contributed by atoms with Gasteiger partial charge in [0.2, 0.25) is 5.91 Å². The quantitative estimate of drug-likeness (QED) is 0.716. The van der Waals surface area contributed by atoms with Crippen LogP contribution in [-0.2, 0) is 14.6 Å². The molecule has 0 heterocycles. The maximum atomic E-state index is 11.2. The first kappa shape index (κ1) is 13.7. The van der Waals surface area contributed by atoms with E-state index in [9.17, 15) is 13.2 Å². The summed E-state index contributed by atoms with van der Waals surface area (Å²) in [4.78, 5) is 11.2. The van der Waals surface area contributed by atoms with E-state index in [4.69, 9.17) is 11.6 Å². The third-order valence-electron chi connectivity index (χ3n) is 1.59. The van der Waals surface area contributed by atoms with Gasteiger partial charge in [0.1, 0.15) is 5.75 Å². The second-order valence-corrected chi connectivity index (χ2v) is 6.46. The van der Waals surface area contributed by atoms with E-state index in [1.807, 2.05) is 0 Å². The highest BCUT2D eigenvalue weighted by atomic mass is 35.5. The summed E-state index contributed by atoms with van der Waals surface area (Å²) < 4.78 is 21.6. The maximum Gasteiger partial charge on any atom is 0.235 e. The molecule has 0 aromatic heterocycles. The zero-order valence-electron chi connectivity index (χ0n) is 8.63. The average molecular weight is 242 g/mol. The number of carbonyl (C=O) groups excluding carboxylic acids is 1. The van der Waals surface area contributed by atoms with Crippen molar-refractivity contribution in [2.24, 2.45) is 0 Å². The number of rotatable bonds is 5. The van der Waals surface area contributed by atoms with Crippen molar-refractivity contribution in [1.82, 2.24) is 5.32 Å². The van der Waals surface area contributed by atoms with Crippen LogP contribution in [0.1, 0.15) is 20.3 Å². The number of halogens is 1. The molecule has 0 aromatic rings. The molecular weight excluding hydrogens is 226 g/mol. The van der Waals surface area contributed by atoms with Gasteiger partial charge in [0.25, 0.3) is 0 Å². The van der Waals surface area contributed by atoms with Crippen molar-refractivity contribution in [3.63, 3.8) is 0 Å². The summed E-state index contributed by atoms with van der Waals surface area (Å²) in [6.45, 7) is 3.60. The molecule has 0 bridgehead atoms. The number of hydrogen-bond acceptors (Lipinski definition) is 3. The van der Waals surface area contributed by atoms with Gasteiger partial charge in [0.15, 0.2) is 9.84 Å². The topological polar surface area (TPSA) is 63.2 Å². The molecule has 6 heteroatoms. The van der Waals surface area contributed by atoms with Gasteiger partial charge in [-0.25, -0.2) is 8.42 Å². The fourth-order valence-corrected chi connectivity index (χ4v) is 1.97. The molecule has 0 fully saturated rings. The van der Waals surface area contributed by atoms with Gasteiger partial charge in [0, 0.05) is 17.7 Å². The molecule has 0 atom stereocenters. The van der Waals surface area contributed by atoms with E-state index in [0.717, 1.165) is 6.26 Å². The molecule has 0 aliphatic heterocycles. The number of alkyl halides is 1. The van der Waals surface area contributed by atoms with Gasteiger partial charge in [0.05, 0.1) is 0 Å². The van der Waals surface area contributed by atoms with Crippen LogP contribution in [-0.4, -0.2) is 37.8 Å². The molecule has 1 amide bonds. The Morgan fingerprint density at radius 3 is 2.29 bits per heavy atom. The highest BCUT2D eigenvalue weighted by Gasteiger charge is 2.21. The Bertz CT molecular complexity index is 298. The van der Waals surface area contributed by atoms with Gasteiger partial charge < -0.3 is 5.32 Å². The van der Waals surface area contributed by atoms with E-state index in [2.05, 4.69) is 5.32 Å². The first-order valence-corrected chi connectivity index (χ1v) is 6.80. The van der Waals surface area contributed by atoms with Gasteiger partial charge in [-0.05, 0) is 20.3 Å². The molecular formula is C8H16ClNO3S. The molecule has 0 radical (unpaired) electrons. The zero-order valence-corrected chi connectivity index (χ0v) is 10.2. The first-order valence-electron chi connectivity index (χ1n) is 4.21. The van der Waals surface area contributed by atoms with Crippen LogP contribution in [0.25, 0.3) is 0 Å². The largest absolute Gasteiger partial charge is 0.350 e. The fourth-order valence-electron chi connectivity index (χ4n) is 0.950. The molecule has 0 rings (SSSR count). The Morgan fingerprint density at radius 1 is 1.43 bits per heavy atom. The van der Waals surface area contributed by atoms with Gasteiger partial charge >= 0.3 is 0 Å². The van der Waals surface area contributed by atoms with Crippen LogP contribution < -0.4 is 5.32 Å². The van der Waals surface area contributed by atoms with Crippen molar-refractivity contribution in [2.45, 2.75) is 25.8 Å². The van der Waals surface area contributed by atoms with Crippen molar-refractivity contribution < 1.29 is 13.2 Å². The summed E-state index contributed by atoms with van der Waals surface area (Å²) in [6.07, 6.45) is 1.63. The van der Waals surface area contributed by atoms with Gasteiger partial charge in [-0.15, -0.1) is 11.6 Å². The van der Waals surface area contributed by atoms with E-state index >= 15 is 0 Å². The maximum absolute atomic E-state index is 11.2. The Kier molecular flexibility index (Phi) is 4.88.